The number of nitrogens with one attached hydrogen (secondary N) is 2. The first-order valence-corrected chi connectivity index (χ1v) is 10.5. The molecule has 1 heterocycles. The SMILES string of the molecule is CCC1(CNC(=NC)NC2CCN(C3CCCC3)CC2)CCCC1.I. The van der Waals surface area contributed by atoms with Crippen LogP contribution in [-0.2, 0) is 0 Å². The first-order valence-electron chi connectivity index (χ1n) is 10.5. The number of hydrogen-bond donors (Lipinski definition) is 2. The summed E-state index contributed by atoms with van der Waals surface area (Å²) in [6.07, 6.45) is 15.1. The standard InChI is InChI=1S/C20H38N4.HI/c1-3-20(12-6-7-13-20)16-22-19(21-2)23-17-10-14-24(15-11-17)18-8-4-5-9-18;/h17-18H,3-16H2,1-2H3,(H2,21,22,23);1H. The van der Waals surface area contributed by atoms with Crippen molar-refractivity contribution in [1.82, 2.24) is 15.5 Å². The Labute approximate surface area is 172 Å². The molecule has 1 saturated heterocycles. The fourth-order valence-corrected chi connectivity index (χ4v) is 5.12. The molecule has 0 atom stereocenters. The Morgan fingerprint density at radius 3 is 2.24 bits per heavy atom. The quantitative estimate of drug-likeness (QED) is 0.367. The molecule has 5 heteroatoms. The van der Waals surface area contributed by atoms with Crippen molar-refractivity contribution in [3.63, 3.8) is 0 Å². The van der Waals surface area contributed by atoms with Crippen molar-refractivity contribution < 1.29 is 0 Å². The van der Waals surface area contributed by atoms with E-state index in [0.717, 1.165) is 18.5 Å². The summed E-state index contributed by atoms with van der Waals surface area (Å²) in [6.45, 7) is 5.96. The first kappa shape index (κ1) is 21.3. The number of piperidine rings is 1. The number of hydrogen-bond acceptors (Lipinski definition) is 2. The van der Waals surface area contributed by atoms with Gasteiger partial charge in [-0.1, -0.05) is 32.6 Å². The second kappa shape index (κ2) is 10.3. The van der Waals surface area contributed by atoms with Gasteiger partial charge >= 0.3 is 0 Å². The molecule has 2 saturated carbocycles. The van der Waals surface area contributed by atoms with Crippen LogP contribution in [0.15, 0.2) is 4.99 Å². The van der Waals surface area contributed by atoms with E-state index in [1.54, 1.807) is 0 Å². The van der Waals surface area contributed by atoms with Gasteiger partial charge in [0.05, 0.1) is 0 Å². The summed E-state index contributed by atoms with van der Waals surface area (Å²) in [5, 5.41) is 7.34. The zero-order valence-corrected chi connectivity index (χ0v) is 18.7. The molecular weight excluding hydrogens is 423 g/mol. The van der Waals surface area contributed by atoms with E-state index in [1.807, 2.05) is 7.05 Å². The van der Waals surface area contributed by atoms with Gasteiger partial charge in [-0.15, -0.1) is 24.0 Å². The number of nitrogens with zero attached hydrogens (tertiary/aromatic N) is 2. The number of likely N-dealkylation sites (tertiary alicyclic amines) is 1. The van der Waals surface area contributed by atoms with E-state index in [2.05, 4.69) is 27.4 Å². The molecule has 0 radical (unpaired) electrons. The van der Waals surface area contributed by atoms with Crippen molar-refractivity contribution in [2.24, 2.45) is 10.4 Å². The Morgan fingerprint density at radius 2 is 1.68 bits per heavy atom. The van der Waals surface area contributed by atoms with Gasteiger partial charge in [0, 0.05) is 38.8 Å². The van der Waals surface area contributed by atoms with Crippen molar-refractivity contribution in [2.75, 3.05) is 26.7 Å². The van der Waals surface area contributed by atoms with Crippen molar-refractivity contribution in [1.29, 1.82) is 0 Å². The average Bonchev–Trinajstić information content (AvgIpc) is 3.31. The Bertz CT molecular complexity index is 406. The molecular formula is C20H39IN4. The third kappa shape index (κ3) is 5.72. The van der Waals surface area contributed by atoms with Gasteiger partial charge in [0.25, 0.3) is 0 Å². The summed E-state index contributed by atoms with van der Waals surface area (Å²) in [5.41, 5.74) is 0.517. The van der Waals surface area contributed by atoms with Crippen LogP contribution in [0, 0.1) is 5.41 Å². The van der Waals surface area contributed by atoms with Crippen molar-refractivity contribution in [3.8, 4) is 0 Å². The Morgan fingerprint density at radius 1 is 1.04 bits per heavy atom. The molecule has 3 fully saturated rings. The van der Waals surface area contributed by atoms with Crippen LogP contribution >= 0.6 is 24.0 Å². The predicted molar refractivity (Wildman–Crippen MR) is 118 cm³/mol. The molecule has 2 N–H and O–H groups in total. The first-order chi connectivity index (χ1) is 11.7. The van der Waals surface area contributed by atoms with Gasteiger partial charge in [-0.05, 0) is 50.4 Å². The molecule has 0 spiro atoms. The fraction of sp³-hybridized carbons (Fsp3) is 0.950. The highest BCUT2D eigenvalue weighted by Gasteiger charge is 2.32. The van der Waals surface area contributed by atoms with Crippen LogP contribution in [0.4, 0.5) is 0 Å². The van der Waals surface area contributed by atoms with Crippen LogP contribution in [-0.4, -0.2) is 49.6 Å². The van der Waals surface area contributed by atoms with E-state index >= 15 is 0 Å². The second-order valence-corrected chi connectivity index (χ2v) is 8.38. The molecule has 0 unspecified atom stereocenters. The van der Waals surface area contributed by atoms with Crippen LogP contribution in [0.25, 0.3) is 0 Å². The molecule has 2 aliphatic carbocycles. The molecule has 0 aromatic heterocycles. The Balaban J connectivity index is 0.00000225. The summed E-state index contributed by atoms with van der Waals surface area (Å²) in [5.74, 6) is 1.02. The maximum Gasteiger partial charge on any atom is 0.191 e. The van der Waals surface area contributed by atoms with E-state index < -0.39 is 0 Å². The smallest absolute Gasteiger partial charge is 0.191 e. The largest absolute Gasteiger partial charge is 0.356 e. The summed E-state index contributed by atoms with van der Waals surface area (Å²) in [7, 11) is 1.91. The Hall–Kier alpha value is -0.0400. The Kier molecular flexibility index (Phi) is 8.79. The normalized spacial score (nSPS) is 25.8. The molecule has 3 aliphatic rings. The molecule has 25 heavy (non-hydrogen) atoms. The topological polar surface area (TPSA) is 39.7 Å². The number of rotatable bonds is 5. The van der Waals surface area contributed by atoms with Crippen LogP contribution < -0.4 is 10.6 Å². The second-order valence-electron chi connectivity index (χ2n) is 8.38. The van der Waals surface area contributed by atoms with Gasteiger partial charge in [0.1, 0.15) is 0 Å². The molecule has 3 rings (SSSR count). The van der Waals surface area contributed by atoms with E-state index in [0.29, 0.717) is 11.5 Å². The highest BCUT2D eigenvalue weighted by atomic mass is 127. The minimum atomic E-state index is 0. The third-order valence-corrected chi connectivity index (χ3v) is 6.98. The van der Waals surface area contributed by atoms with Crippen molar-refractivity contribution in [3.05, 3.63) is 0 Å². The lowest BCUT2D eigenvalue weighted by molar-refractivity contribution is 0.150. The molecule has 0 bridgehead atoms. The number of halogens is 1. The van der Waals surface area contributed by atoms with Gasteiger partial charge in [0.2, 0.25) is 0 Å². The van der Waals surface area contributed by atoms with E-state index in [4.69, 9.17) is 0 Å². The minimum Gasteiger partial charge on any atom is -0.356 e. The van der Waals surface area contributed by atoms with E-state index in [1.165, 1.54) is 83.7 Å². The molecule has 0 aromatic carbocycles. The van der Waals surface area contributed by atoms with E-state index in [9.17, 15) is 0 Å². The molecule has 146 valence electrons. The molecule has 0 aromatic rings. The lowest BCUT2D eigenvalue weighted by Gasteiger charge is -2.37. The number of guanidine groups is 1. The molecule has 1 aliphatic heterocycles. The zero-order chi connectivity index (χ0) is 16.8. The highest BCUT2D eigenvalue weighted by molar-refractivity contribution is 14.0. The van der Waals surface area contributed by atoms with Crippen LogP contribution in [0.1, 0.15) is 77.6 Å². The maximum atomic E-state index is 4.49. The minimum absolute atomic E-state index is 0. The lowest BCUT2D eigenvalue weighted by Crippen LogP contribution is -2.51. The van der Waals surface area contributed by atoms with Gasteiger partial charge in [-0.3, -0.25) is 4.99 Å². The van der Waals surface area contributed by atoms with Gasteiger partial charge in [-0.2, -0.15) is 0 Å². The van der Waals surface area contributed by atoms with Crippen LogP contribution in [0.2, 0.25) is 0 Å². The average molecular weight is 462 g/mol. The number of aliphatic imine (C=N–C) groups is 1. The summed E-state index contributed by atoms with van der Waals surface area (Å²) in [4.78, 5) is 7.23. The molecule has 4 nitrogen and oxygen atoms in total. The molecule has 0 amide bonds. The predicted octanol–water partition coefficient (Wildman–Crippen LogP) is 4.15. The highest BCUT2D eigenvalue weighted by Crippen LogP contribution is 2.40. The van der Waals surface area contributed by atoms with E-state index in [-0.39, 0.29) is 24.0 Å². The fourth-order valence-electron chi connectivity index (χ4n) is 5.12. The summed E-state index contributed by atoms with van der Waals surface area (Å²) < 4.78 is 0. The lowest BCUT2D eigenvalue weighted by atomic mass is 9.83. The monoisotopic (exact) mass is 462 g/mol. The van der Waals surface area contributed by atoms with Gasteiger partial charge in [0.15, 0.2) is 5.96 Å². The summed E-state index contributed by atoms with van der Waals surface area (Å²) in [6, 6.07) is 1.48. The van der Waals surface area contributed by atoms with Gasteiger partial charge in [-0.25, -0.2) is 0 Å². The summed E-state index contributed by atoms with van der Waals surface area (Å²) >= 11 is 0. The van der Waals surface area contributed by atoms with Crippen molar-refractivity contribution in [2.45, 2.75) is 89.6 Å². The zero-order valence-electron chi connectivity index (χ0n) is 16.4. The van der Waals surface area contributed by atoms with Crippen LogP contribution in [0.5, 0.6) is 0 Å². The van der Waals surface area contributed by atoms with Gasteiger partial charge < -0.3 is 15.5 Å². The third-order valence-electron chi connectivity index (χ3n) is 6.98. The van der Waals surface area contributed by atoms with Crippen LogP contribution in [0.3, 0.4) is 0 Å². The van der Waals surface area contributed by atoms with Crippen molar-refractivity contribution >= 4 is 29.9 Å². The maximum absolute atomic E-state index is 4.49.